The first-order valence-electron chi connectivity index (χ1n) is 6.83. The van der Waals surface area contributed by atoms with E-state index >= 15 is 0 Å². The monoisotopic (exact) mass is 344 g/mol. The van der Waals surface area contributed by atoms with Crippen LogP contribution in [0.4, 0.5) is 13.2 Å². The first kappa shape index (κ1) is 17.9. The molecule has 1 aliphatic rings. The first-order chi connectivity index (χ1) is 11.4. The number of nitrogens with zero attached hydrogens (tertiary/aromatic N) is 2. The highest BCUT2D eigenvalue weighted by Gasteiger charge is 2.39. The van der Waals surface area contributed by atoms with Crippen LogP contribution in [0.2, 0.25) is 0 Å². The Labute approximate surface area is 135 Å². The van der Waals surface area contributed by atoms with Crippen molar-refractivity contribution in [3.05, 3.63) is 35.1 Å². The third-order valence-corrected chi connectivity index (χ3v) is 3.44. The summed E-state index contributed by atoms with van der Waals surface area (Å²) < 4.78 is 55.0. The van der Waals surface area contributed by atoms with Crippen molar-refractivity contribution in [2.24, 2.45) is 15.9 Å². The van der Waals surface area contributed by atoms with Crippen molar-refractivity contribution >= 4 is 17.7 Å². The maximum Gasteiger partial charge on any atom is 0.317 e. The third-order valence-electron chi connectivity index (χ3n) is 3.44. The van der Waals surface area contributed by atoms with Gasteiger partial charge in [-0.3, -0.25) is 4.79 Å². The van der Waals surface area contributed by atoms with Crippen LogP contribution in [0.25, 0.3) is 0 Å². The second kappa shape index (κ2) is 7.43. The zero-order valence-corrected chi connectivity index (χ0v) is 13.2. The lowest BCUT2D eigenvalue weighted by Crippen LogP contribution is -2.37. The molecule has 0 amide bonds. The second-order valence-corrected chi connectivity index (χ2v) is 4.90. The van der Waals surface area contributed by atoms with Crippen molar-refractivity contribution in [1.29, 1.82) is 0 Å². The summed E-state index contributed by atoms with van der Waals surface area (Å²) in [7, 11) is 3.85. The molecule has 0 aromatic heterocycles. The number of ether oxygens (including phenoxy) is 3. The minimum atomic E-state index is -1.61. The van der Waals surface area contributed by atoms with Gasteiger partial charge in [0.25, 0.3) is 0 Å². The number of amidine groups is 1. The number of carbonyl (C=O) groups is 1. The Morgan fingerprint density at radius 3 is 2.29 bits per heavy atom. The van der Waals surface area contributed by atoms with Gasteiger partial charge in [-0.2, -0.15) is 0 Å². The topological polar surface area (TPSA) is 69.5 Å². The standard InChI is InChI=1S/C15H15F3N2O4/c1-22-6-10-11(14(21)23-2)13(20-15(19-10)24-3)7-4-8(16)12(18)9(17)5-7/h4-5,11,13H,6H2,1-3H3. The van der Waals surface area contributed by atoms with E-state index in [1.54, 1.807) is 0 Å². The van der Waals surface area contributed by atoms with Crippen molar-refractivity contribution in [3.63, 3.8) is 0 Å². The van der Waals surface area contributed by atoms with Gasteiger partial charge in [0.05, 0.1) is 32.6 Å². The predicted octanol–water partition coefficient (Wildman–Crippen LogP) is 2.04. The Kier molecular flexibility index (Phi) is 5.55. The van der Waals surface area contributed by atoms with Gasteiger partial charge in [0.2, 0.25) is 0 Å². The van der Waals surface area contributed by atoms with Gasteiger partial charge in [-0.25, -0.2) is 23.2 Å². The molecule has 0 spiro atoms. The Morgan fingerprint density at radius 1 is 1.17 bits per heavy atom. The van der Waals surface area contributed by atoms with Crippen LogP contribution in [0.1, 0.15) is 11.6 Å². The number of halogens is 3. The highest BCUT2D eigenvalue weighted by molar-refractivity contribution is 6.09. The maximum absolute atomic E-state index is 13.6. The number of methoxy groups -OCH3 is 3. The predicted molar refractivity (Wildman–Crippen MR) is 78.3 cm³/mol. The molecule has 0 saturated heterocycles. The fraction of sp³-hybridized carbons (Fsp3) is 0.400. The van der Waals surface area contributed by atoms with Gasteiger partial charge in [-0.05, 0) is 17.7 Å². The third kappa shape index (κ3) is 3.40. The van der Waals surface area contributed by atoms with E-state index in [4.69, 9.17) is 14.2 Å². The molecule has 0 radical (unpaired) electrons. The van der Waals surface area contributed by atoms with E-state index in [0.717, 1.165) is 19.2 Å². The van der Waals surface area contributed by atoms with Crippen molar-refractivity contribution in [2.45, 2.75) is 6.04 Å². The summed E-state index contributed by atoms with van der Waals surface area (Å²) in [5.74, 6) is -6.19. The summed E-state index contributed by atoms with van der Waals surface area (Å²) >= 11 is 0. The number of hydrogen-bond donors (Lipinski definition) is 0. The van der Waals surface area contributed by atoms with Crippen LogP contribution in [-0.4, -0.2) is 45.6 Å². The number of benzene rings is 1. The molecule has 0 aliphatic carbocycles. The van der Waals surface area contributed by atoms with Crippen LogP contribution in [0.3, 0.4) is 0 Å². The van der Waals surface area contributed by atoms with Gasteiger partial charge in [-0.15, -0.1) is 0 Å². The van der Waals surface area contributed by atoms with E-state index in [0.29, 0.717) is 0 Å². The zero-order chi connectivity index (χ0) is 17.9. The molecule has 2 unspecified atom stereocenters. The average molecular weight is 344 g/mol. The smallest absolute Gasteiger partial charge is 0.317 e. The molecule has 1 aromatic rings. The molecular weight excluding hydrogens is 329 g/mol. The number of aliphatic imine (C=N–C) groups is 2. The Morgan fingerprint density at radius 2 is 1.79 bits per heavy atom. The summed E-state index contributed by atoms with van der Waals surface area (Å²) in [5.41, 5.74) is 0.159. The molecule has 24 heavy (non-hydrogen) atoms. The fourth-order valence-corrected chi connectivity index (χ4v) is 2.37. The maximum atomic E-state index is 13.6. The molecule has 1 heterocycles. The largest absolute Gasteiger partial charge is 0.468 e. The Bertz CT molecular complexity index is 683. The fourth-order valence-electron chi connectivity index (χ4n) is 2.37. The van der Waals surface area contributed by atoms with Crippen LogP contribution in [0.5, 0.6) is 0 Å². The molecule has 0 bridgehead atoms. The van der Waals surface area contributed by atoms with Gasteiger partial charge in [0.15, 0.2) is 17.5 Å². The lowest BCUT2D eigenvalue weighted by Gasteiger charge is -2.27. The SMILES string of the molecule is COCC1=NC(OC)=NC(c2cc(F)c(F)c(F)c2)C1C(=O)OC. The van der Waals surface area contributed by atoms with E-state index in [2.05, 4.69) is 9.98 Å². The first-order valence-corrected chi connectivity index (χ1v) is 6.83. The van der Waals surface area contributed by atoms with Crippen LogP contribution in [0.15, 0.2) is 22.1 Å². The summed E-state index contributed by atoms with van der Waals surface area (Å²) in [6.45, 7) is -0.0508. The van der Waals surface area contributed by atoms with Crippen molar-refractivity contribution in [2.75, 3.05) is 27.9 Å². The van der Waals surface area contributed by atoms with Gasteiger partial charge in [0.1, 0.15) is 5.92 Å². The molecule has 0 fully saturated rings. The lowest BCUT2D eigenvalue weighted by molar-refractivity contribution is -0.143. The highest BCUT2D eigenvalue weighted by Crippen LogP contribution is 2.33. The van der Waals surface area contributed by atoms with E-state index in [1.807, 2.05) is 0 Å². The number of carbonyl (C=O) groups excluding carboxylic acids is 1. The van der Waals surface area contributed by atoms with Gasteiger partial charge < -0.3 is 14.2 Å². The van der Waals surface area contributed by atoms with E-state index in [-0.39, 0.29) is 23.9 Å². The summed E-state index contributed by atoms with van der Waals surface area (Å²) in [6.07, 6.45) is 0. The molecule has 2 rings (SSSR count). The summed E-state index contributed by atoms with van der Waals surface area (Å²) in [6, 6.07) is 0.342. The Balaban J connectivity index is 2.57. The minimum absolute atomic E-state index is 0.0508. The summed E-state index contributed by atoms with van der Waals surface area (Å²) in [4.78, 5) is 20.2. The molecule has 6 nitrogen and oxygen atoms in total. The average Bonchev–Trinajstić information content (AvgIpc) is 2.58. The molecular formula is C15H15F3N2O4. The Hall–Kier alpha value is -2.42. The van der Waals surface area contributed by atoms with E-state index in [9.17, 15) is 18.0 Å². The zero-order valence-electron chi connectivity index (χ0n) is 13.2. The number of esters is 1. The van der Waals surface area contributed by atoms with Crippen LogP contribution in [0, 0.1) is 23.4 Å². The molecule has 130 valence electrons. The van der Waals surface area contributed by atoms with Gasteiger partial charge in [-0.1, -0.05) is 0 Å². The normalized spacial score (nSPS) is 20.2. The number of rotatable bonds is 4. The van der Waals surface area contributed by atoms with Crippen LogP contribution >= 0.6 is 0 Å². The van der Waals surface area contributed by atoms with Crippen LogP contribution < -0.4 is 0 Å². The minimum Gasteiger partial charge on any atom is -0.468 e. The van der Waals surface area contributed by atoms with Gasteiger partial charge in [0, 0.05) is 7.11 Å². The van der Waals surface area contributed by atoms with Crippen molar-refractivity contribution < 1.29 is 32.2 Å². The lowest BCUT2D eigenvalue weighted by atomic mass is 9.88. The van der Waals surface area contributed by atoms with Gasteiger partial charge >= 0.3 is 12.0 Å². The molecule has 0 N–H and O–H groups in total. The molecule has 2 atom stereocenters. The molecule has 1 aliphatic heterocycles. The van der Waals surface area contributed by atoms with Crippen molar-refractivity contribution in [1.82, 2.24) is 0 Å². The summed E-state index contributed by atoms with van der Waals surface area (Å²) in [5, 5.41) is 0. The molecule has 9 heteroatoms. The molecule has 1 aromatic carbocycles. The van der Waals surface area contributed by atoms with Crippen LogP contribution in [-0.2, 0) is 19.0 Å². The van der Waals surface area contributed by atoms with E-state index < -0.39 is 35.4 Å². The van der Waals surface area contributed by atoms with Crippen molar-refractivity contribution in [3.8, 4) is 0 Å². The second-order valence-electron chi connectivity index (χ2n) is 4.90. The quantitative estimate of drug-likeness (QED) is 0.619. The number of hydrogen-bond acceptors (Lipinski definition) is 6. The molecule has 0 saturated carbocycles. The highest BCUT2D eigenvalue weighted by atomic mass is 19.2. The van der Waals surface area contributed by atoms with E-state index in [1.165, 1.54) is 14.2 Å².